The Balaban J connectivity index is 2.50. The van der Waals surface area contributed by atoms with Crippen LogP contribution in [-0.2, 0) is 9.53 Å². The fraction of sp³-hybridized carbons (Fsp3) is 0.364. The van der Waals surface area contributed by atoms with Crippen molar-refractivity contribution in [2.45, 2.75) is 6.10 Å². The molecule has 0 radical (unpaired) electrons. The average Bonchev–Trinajstić information content (AvgIpc) is 2.27. The number of rotatable bonds is 5. The molecule has 1 atom stereocenters. The Kier molecular flexibility index (Phi) is 4.88. The van der Waals surface area contributed by atoms with Crippen molar-refractivity contribution in [1.29, 1.82) is 0 Å². The minimum absolute atomic E-state index is 0.0386. The first-order valence-corrected chi connectivity index (χ1v) is 4.83. The molecule has 0 aliphatic carbocycles. The second-order valence-electron chi connectivity index (χ2n) is 3.27. The Morgan fingerprint density at radius 1 is 1.56 bits per heavy atom. The number of aliphatic hydroxyl groups is 1. The average molecular weight is 227 g/mol. The van der Waals surface area contributed by atoms with Gasteiger partial charge in [0, 0.05) is 19.2 Å². The Bertz CT molecular complexity index is 357. The van der Waals surface area contributed by atoms with Crippen molar-refractivity contribution in [2.75, 3.05) is 20.3 Å². The van der Waals surface area contributed by atoms with Crippen LogP contribution in [0.2, 0.25) is 0 Å². The van der Waals surface area contributed by atoms with Crippen LogP contribution in [0.5, 0.6) is 0 Å². The summed E-state index contributed by atoms with van der Waals surface area (Å²) in [5, 5.41) is 12.1. The molecule has 0 aromatic heterocycles. The standard InChI is InChI=1S/C11H14FNO3/c1-16-7-11(15)13-6-10(14)8-4-2-3-5-9(8)12/h2-5,10,14H,6-7H2,1H3,(H,13,15). The third kappa shape index (κ3) is 3.60. The second kappa shape index (κ2) is 6.19. The van der Waals surface area contributed by atoms with Crippen LogP contribution in [0, 0.1) is 5.82 Å². The predicted octanol–water partition coefficient (Wildman–Crippen LogP) is 0.622. The molecular formula is C11H14FNO3. The third-order valence-corrected chi connectivity index (χ3v) is 2.03. The maximum Gasteiger partial charge on any atom is 0.246 e. The molecule has 1 aromatic carbocycles. The number of aliphatic hydroxyl groups excluding tert-OH is 1. The number of methoxy groups -OCH3 is 1. The number of halogens is 1. The van der Waals surface area contributed by atoms with Gasteiger partial charge in [-0.2, -0.15) is 0 Å². The van der Waals surface area contributed by atoms with E-state index < -0.39 is 11.9 Å². The van der Waals surface area contributed by atoms with Crippen molar-refractivity contribution < 1.29 is 19.0 Å². The molecule has 0 fully saturated rings. The molecule has 1 aromatic rings. The van der Waals surface area contributed by atoms with E-state index in [2.05, 4.69) is 10.1 Å². The van der Waals surface area contributed by atoms with E-state index in [9.17, 15) is 14.3 Å². The molecule has 1 unspecified atom stereocenters. The minimum Gasteiger partial charge on any atom is -0.386 e. The van der Waals surface area contributed by atoms with E-state index in [4.69, 9.17) is 0 Å². The summed E-state index contributed by atoms with van der Waals surface area (Å²) < 4.78 is 17.8. The van der Waals surface area contributed by atoms with Crippen molar-refractivity contribution in [3.05, 3.63) is 35.6 Å². The second-order valence-corrected chi connectivity index (χ2v) is 3.27. The van der Waals surface area contributed by atoms with Gasteiger partial charge in [0.05, 0.1) is 6.10 Å². The summed E-state index contributed by atoms with van der Waals surface area (Å²) in [6, 6.07) is 5.89. The first-order valence-electron chi connectivity index (χ1n) is 4.83. The van der Waals surface area contributed by atoms with Gasteiger partial charge in [0.15, 0.2) is 0 Å². The topological polar surface area (TPSA) is 58.6 Å². The van der Waals surface area contributed by atoms with Crippen molar-refractivity contribution in [3.63, 3.8) is 0 Å². The van der Waals surface area contributed by atoms with Crippen LogP contribution in [-0.4, -0.2) is 31.3 Å². The van der Waals surface area contributed by atoms with E-state index in [0.29, 0.717) is 0 Å². The highest BCUT2D eigenvalue weighted by Gasteiger charge is 2.12. The number of hydrogen-bond donors (Lipinski definition) is 2. The van der Waals surface area contributed by atoms with Crippen LogP contribution in [0.1, 0.15) is 11.7 Å². The van der Waals surface area contributed by atoms with Gasteiger partial charge in [-0.25, -0.2) is 4.39 Å². The van der Waals surface area contributed by atoms with E-state index in [-0.39, 0.29) is 24.6 Å². The summed E-state index contributed by atoms with van der Waals surface area (Å²) in [6.07, 6.45) is -1.05. The molecule has 1 amide bonds. The molecule has 0 saturated carbocycles. The van der Waals surface area contributed by atoms with Crippen LogP contribution < -0.4 is 5.32 Å². The quantitative estimate of drug-likeness (QED) is 0.775. The van der Waals surface area contributed by atoms with Gasteiger partial charge in [-0.1, -0.05) is 18.2 Å². The molecule has 4 nitrogen and oxygen atoms in total. The minimum atomic E-state index is -1.05. The monoisotopic (exact) mass is 227 g/mol. The smallest absolute Gasteiger partial charge is 0.246 e. The zero-order chi connectivity index (χ0) is 12.0. The Morgan fingerprint density at radius 2 is 2.25 bits per heavy atom. The first kappa shape index (κ1) is 12.6. The van der Waals surface area contributed by atoms with Gasteiger partial charge in [-0.05, 0) is 6.07 Å². The van der Waals surface area contributed by atoms with E-state index in [1.165, 1.54) is 25.3 Å². The highest BCUT2D eigenvalue weighted by molar-refractivity contribution is 5.77. The summed E-state index contributed by atoms with van der Waals surface area (Å²) >= 11 is 0. The molecule has 0 saturated heterocycles. The van der Waals surface area contributed by atoms with Crippen LogP contribution in [0.25, 0.3) is 0 Å². The van der Waals surface area contributed by atoms with Gasteiger partial charge in [0.25, 0.3) is 0 Å². The lowest BCUT2D eigenvalue weighted by Gasteiger charge is -2.12. The highest BCUT2D eigenvalue weighted by atomic mass is 19.1. The number of ether oxygens (including phenoxy) is 1. The maximum absolute atomic E-state index is 13.2. The zero-order valence-electron chi connectivity index (χ0n) is 8.94. The number of amides is 1. The molecule has 1 rings (SSSR count). The fourth-order valence-corrected chi connectivity index (χ4v) is 1.25. The Labute approximate surface area is 93.0 Å². The number of nitrogens with one attached hydrogen (secondary N) is 1. The zero-order valence-corrected chi connectivity index (χ0v) is 8.94. The molecule has 0 spiro atoms. The number of carbonyl (C=O) groups excluding carboxylic acids is 1. The van der Waals surface area contributed by atoms with E-state index in [0.717, 1.165) is 0 Å². The van der Waals surface area contributed by atoms with Gasteiger partial charge in [0.1, 0.15) is 12.4 Å². The molecule has 16 heavy (non-hydrogen) atoms. The summed E-state index contributed by atoms with van der Waals surface area (Å²) in [4.78, 5) is 11.0. The lowest BCUT2D eigenvalue weighted by Crippen LogP contribution is -2.31. The summed E-state index contributed by atoms with van der Waals surface area (Å²) in [7, 11) is 1.40. The molecule has 88 valence electrons. The SMILES string of the molecule is COCC(=O)NCC(O)c1ccccc1F. The van der Waals surface area contributed by atoms with Gasteiger partial charge < -0.3 is 15.2 Å². The van der Waals surface area contributed by atoms with E-state index in [1.807, 2.05) is 0 Å². The third-order valence-electron chi connectivity index (χ3n) is 2.03. The molecule has 0 aliphatic rings. The van der Waals surface area contributed by atoms with Gasteiger partial charge in [0.2, 0.25) is 5.91 Å². The molecule has 2 N–H and O–H groups in total. The predicted molar refractivity (Wildman–Crippen MR) is 56.2 cm³/mol. The van der Waals surface area contributed by atoms with E-state index in [1.54, 1.807) is 6.07 Å². The summed E-state index contributed by atoms with van der Waals surface area (Å²) in [6.45, 7) is -0.118. The van der Waals surface area contributed by atoms with Crippen molar-refractivity contribution in [3.8, 4) is 0 Å². The van der Waals surface area contributed by atoms with Crippen molar-refractivity contribution in [1.82, 2.24) is 5.32 Å². The maximum atomic E-state index is 13.2. The normalized spacial score (nSPS) is 12.2. The van der Waals surface area contributed by atoms with Gasteiger partial charge in [-0.3, -0.25) is 4.79 Å². The number of benzene rings is 1. The lowest BCUT2D eigenvalue weighted by atomic mass is 10.1. The van der Waals surface area contributed by atoms with Crippen molar-refractivity contribution in [2.24, 2.45) is 0 Å². The highest BCUT2D eigenvalue weighted by Crippen LogP contribution is 2.15. The Morgan fingerprint density at radius 3 is 2.88 bits per heavy atom. The fourth-order valence-electron chi connectivity index (χ4n) is 1.25. The first-order chi connectivity index (χ1) is 7.65. The van der Waals surface area contributed by atoms with Crippen LogP contribution in [0.15, 0.2) is 24.3 Å². The summed E-state index contributed by atoms with van der Waals surface area (Å²) in [5.74, 6) is -0.839. The van der Waals surface area contributed by atoms with Crippen LogP contribution in [0.4, 0.5) is 4.39 Å². The lowest BCUT2D eigenvalue weighted by molar-refractivity contribution is -0.125. The Hall–Kier alpha value is -1.46. The molecular weight excluding hydrogens is 213 g/mol. The molecule has 0 heterocycles. The number of hydrogen-bond acceptors (Lipinski definition) is 3. The largest absolute Gasteiger partial charge is 0.386 e. The molecule has 0 bridgehead atoms. The van der Waals surface area contributed by atoms with Gasteiger partial charge in [-0.15, -0.1) is 0 Å². The van der Waals surface area contributed by atoms with Crippen LogP contribution in [0.3, 0.4) is 0 Å². The van der Waals surface area contributed by atoms with E-state index >= 15 is 0 Å². The van der Waals surface area contributed by atoms with Crippen LogP contribution >= 0.6 is 0 Å². The van der Waals surface area contributed by atoms with Crippen molar-refractivity contribution >= 4 is 5.91 Å². The molecule has 5 heteroatoms. The number of carbonyl (C=O) groups is 1. The van der Waals surface area contributed by atoms with Gasteiger partial charge >= 0.3 is 0 Å². The molecule has 0 aliphatic heterocycles. The summed E-state index contributed by atoms with van der Waals surface area (Å²) in [5.41, 5.74) is 0.167.